The second-order valence-corrected chi connectivity index (χ2v) is 6.31. The molecular weight excluding hydrogens is 340 g/mol. The van der Waals surface area contributed by atoms with Crippen LogP contribution in [0.4, 0.5) is 21.9 Å². The zero-order chi connectivity index (χ0) is 17.8. The van der Waals surface area contributed by atoms with Crippen molar-refractivity contribution in [3.05, 3.63) is 53.1 Å². The van der Waals surface area contributed by atoms with Crippen LogP contribution in [0.15, 0.2) is 42.5 Å². The molecule has 3 rings (SSSR count). The molecular formula is C18H19ClN4O2. The van der Waals surface area contributed by atoms with Gasteiger partial charge in [0.2, 0.25) is 0 Å². The van der Waals surface area contributed by atoms with E-state index in [0.29, 0.717) is 22.0 Å². The molecule has 0 aromatic heterocycles. The Morgan fingerprint density at radius 2 is 1.68 bits per heavy atom. The van der Waals surface area contributed by atoms with Gasteiger partial charge in [-0.25, -0.2) is 4.79 Å². The van der Waals surface area contributed by atoms with Gasteiger partial charge in [0.25, 0.3) is 5.91 Å². The van der Waals surface area contributed by atoms with E-state index in [1.165, 1.54) is 0 Å². The Morgan fingerprint density at radius 3 is 2.32 bits per heavy atom. The third-order valence-corrected chi connectivity index (χ3v) is 4.30. The van der Waals surface area contributed by atoms with Gasteiger partial charge in [0.05, 0.1) is 11.4 Å². The van der Waals surface area contributed by atoms with E-state index >= 15 is 0 Å². The zero-order valence-electron chi connectivity index (χ0n) is 13.6. The summed E-state index contributed by atoms with van der Waals surface area (Å²) >= 11 is 6.10. The maximum absolute atomic E-state index is 12.5. The molecule has 1 heterocycles. The van der Waals surface area contributed by atoms with Crippen molar-refractivity contribution in [2.45, 2.75) is 12.8 Å². The number of nitrogens with two attached hydrogens (primary N) is 1. The Hall–Kier alpha value is -2.73. The SMILES string of the molecule is NC(=O)Nc1ccc(C(=O)Nc2cc(Cl)ccc2N2CCCC2)cc1. The lowest BCUT2D eigenvalue weighted by Gasteiger charge is -2.22. The highest BCUT2D eigenvalue weighted by Crippen LogP contribution is 2.32. The van der Waals surface area contributed by atoms with Crippen LogP contribution in [-0.4, -0.2) is 25.0 Å². The van der Waals surface area contributed by atoms with Gasteiger partial charge in [-0.2, -0.15) is 0 Å². The molecule has 1 fully saturated rings. The quantitative estimate of drug-likeness (QED) is 0.779. The van der Waals surface area contributed by atoms with E-state index in [1.807, 2.05) is 12.1 Å². The van der Waals surface area contributed by atoms with E-state index in [0.717, 1.165) is 31.6 Å². The molecule has 0 unspecified atom stereocenters. The third-order valence-electron chi connectivity index (χ3n) is 4.07. The number of hydrogen-bond acceptors (Lipinski definition) is 3. The molecule has 0 spiro atoms. The lowest BCUT2D eigenvalue weighted by Crippen LogP contribution is -2.21. The summed E-state index contributed by atoms with van der Waals surface area (Å²) < 4.78 is 0. The smallest absolute Gasteiger partial charge is 0.316 e. The number of carbonyl (C=O) groups excluding carboxylic acids is 2. The molecule has 0 aliphatic carbocycles. The van der Waals surface area contributed by atoms with Crippen LogP contribution in [0.1, 0.15) is 23.2 Å². The average molecular weight is 359 g/mol. The lowest BCUT2D eigenvalue weighted by atomic mass is 10.1. The monoisotopic (exact) mass is 358 g/mol. The summed E-state index contributed by atoms with van der Waals surface area (Å²) in [6, 6.07) is 11.4. The highest BCUT2D eigenvalue weighted by molar-refractivity contribution is 6.31. The predicted octanol–water partition coefficient (Wildman–Crippen LogP) is 3.68. The van der Waals surface area contributed by atoms with Crippen LogP contribution in [0.25, 0.3) is 0 Å². The van der Waals surface area contributed by atoms with E-state index < -0.39 is 6.03 Å². The molecule has 6 nitrogen and oxygen atoms in total. The lowest BCUT2D eigenvalue weighted by molar-refractivity contribution is 0.102. The van der Waals surface area contributed by atoms with E-state index in [1.54, 1.807) is 30.3 Å². The highest BCUT2D eigenvalue weighted by atomic mass is 35.5. The Balaban J connectivity index is 1.78. The van der Waals surface area contributed by atoms with Gasteiger partial charge in [0, 0.05) is 29.4 Å². The summed E-state index contributed by atoms with van der Waals surface area (Å²) in [7, 11) is 0. The highest BCUT2D eigenvalue weighted by Gasteiger charge is 2.18. The molecule has 4 N–H and O–H groups in total. The van der Waals surface area contributed by atoms with E-state index in [9.17, 15) is 9.59 Å². The van der Waals surface area contributed by atoms with Gasteiger partial charge in [-0.1, -0.05) is 11.6 Å². The maximum atomic E-state index is 12.5. The number of primary amides is 1. The number of rotatable bonds is 4. The normalized spacial score (nSPS) is 13.6. The standard InChI is InChI=1S/C18H19ClN4O2/c19-13-5-8-16(23-9-1-2-10-23)15(11-13)22-17(24)12-3-6-14(7-4-12)21-18(20)25/h3-8,11H,1-2,9-10H2,(H,22,24)(H3,20,21,25). The molecule has 1 aliphatic rings. The van der Waals surface area contributed by atoms with Crippen molar-refractivity contribution in [3.8, 4) is 0 Å². The minimum atomic E-state index is -0.647. The van der Waals surface area contributed by atoms with Crippen LogP contribution >= 0.6 is 11.6 Å². The van der Waals surface area contributed by atoms with Crippen molar-refractivity contribution < 1.29 is 9.59 Å². The number of hydrogen-bond donors (Lipinski definition) is 3. The Morgan fingerprint density at radius 1 is 1.00 bits per heavy atom. The summed E-state index contributed by atoms with van der Waals surface area (Å²) in [5, 5.41) is 5.95. The first kappa shape index (κ1) is 17.1. The first-order valence-electron chi connectivity index (χ1n) is 8.05. The summed E-state index contributed by atoms with van der Waals surface area (Å²) in [6.45, 7) is 1.94. The zero-order valence-corrected chi connectivity index (χ0v) is 14.3. The van der Waals surface area contributed by atoms with Crippen molar-refractivity contribution >= 4 is 40.6 Å². The summed E-state index contributed by atoms with van der Waals surface area (Å²) in [5.41, 5.74) is 7.74. The molecule has 1 aliphatic heterocycles. The largest absolute Gasteiger partial charge is 0.370 e. The van der Waals surface area contributed by atoms with Crippen LogP contribution < -0.4 is 21.3 Å². The van der Waals surface area contributed by atoms with E-state index in [-0.39, 0.29) is 5.91 Å². The van der Waals surface area contributed by atoms with Crippen molar-refractivity contribution in [1.29, 1.82) is 0 Å². The van der Waals surface area contributed by atoms with Gasteiger partial charge in [-0.3, -0.25) is 4.79 Å². The number of nitrogens with one attached hydrogen (secondary N) is 2. The number of halogens is 1. The second-order valence-electron chi connectivity index (χ2n) is 5.88. The van der Waals surface area contributed by atoms with Crippen LogP contribution in [0, 0.1) is 0 Å². The first-order chi connectivity index (χ1) is 12.0. The summed E-state index contributed by atoms with van der Waals surface area (Å²) in [5.74, 6) is -0.242. The number of benzene rings is 2. The summed E-state index contributed by atoms with van der Waals surface area (Å²) in [4.78, 5) is 25.6. The van der Waals surface area contributed by atoms with Crippen molar-refractivity contribution in [1.82, 2.24) is 0 Å². The van der Waals surface area contributed by atoms with Crippen LogP contribution in [-0.2, 0) is 0 Å². The van der Waals surface area contributed by atoms with E-state index in [4.69, 9.17) is 17.3 Å². The van der Waals surface area contributed by atoms with Gasteiger partial charge in [0.1, 0.15) is 0 Å². The summed E-state index contributed by atoms with van der Waals surface area (Å²) in [6.07, 6.45) is 2.29. The molecule has 2 aromatic carbocycles. The van der Waals surface area contributed by atoms with Crippen molar-refractivity contribution in [2.24, 2.45) is 5.73 Å². The van der Waals surface area contributed by atoms with Gasteiger partial charge >= 0.3 is 6.03 Å². The molecule has 3 amide bonds. The Bertz CT molecular complexity index is 786. The molecule has 25 heavy (non-hydrogen) atoms. The fourth-order valence-electron chi connectivity index (χ4n) is 2.88. The number of urea groups is 1. The van der Waals surface area contributed by atoms with E-state index in [2.05, 4.69) is 15.5 Å². The predicted molar refractivity (Wildman–Crippen MR) is 101 cm³/mol. The fraction of sp³-hybridized carbons (Fsp3) is 0.222. The second kappa shape index (κ2) is 7.44. The molecule has 7 heteroatoms. The van der Waals surface area contributed by atoms with Crippen molar-refractivity contribution in [3.63, 3.8) is 0 Å². The van der Waals surface area contributed by atoms with Crippen LogP contribution in [0.3, 0.4) is 0 Å². The Kier molecular flexibility index (Phi) is 5.09. The Labute approximate surface area is 150 Å². The average Bonchev–Trinajstić information content (AvgIpc) is 3.09. The first-order valence-corrected chi connectivity index (χ1v) is 8.43. The maximum Gasteiger partial charge on any atom is 0.316 e. The third kappa shape index (κ3) is 4.22. The van der Waals surface area contributed by atoms with Gasteiger partial charge < -0.3 is 21.3 Å². The number of anilines is 3. The van der Waals surface area contributed by atoms with Crippen molar-refractivity contribution in [2.75, 3.05) is 28.6 Å². The van der Waals surface area contributed by atoms with Crippen LogP contribution in [0.5, 0.6) is 0 Å². The molecule has 130 valence electrons. The molecule has 0 radical (unpaired) electrons. The number of nitrogens with zero attached hydrogens (tertiary/aromatic N) is 1. The fourth-order valence-corrected chi connectivity index (χ4v) is 3.06. The minimum Gasteiger partial charge on any atom is -0.370 e. The number of carbonyl (C=O) groups is 2. The molecule has 2 aromatic rings. The van der Waals surface area contributed by atoms with Gasteiger partial charge in [-0.05, 0) is 55.3 Å². The molecule has 1 saturated heterocycles. The van der Waals surface area contributed by atoms with Gasteiger partial charge in [0.15, 0.2) is 0 Å². The van der Waals surface area contributed by atoms with Gasteiger partial charge in [-0.15, -0.1) is 0 Å². The van der Waals surface area contributed by atoms with Crippen LogP contribution in [0.2, 0.25) is 5.02 Å². The number of amides is 3. The molecule has 0 bridgehead atoms. The minimum absolute atomic E-state index is 0.242. The topological polar surface area (TPSA) is 87.5 Å². The molecule has 0 atom stereocenters. The molecule has 0 saturated carbocycles.